The number of rotatable bonds is 12. The largest absolute Gasteiger partial charge is 0.506 e. The van der Waals surface area contributed by atoms with E-state index in [2.05, 4.69) is 54.5 Å². The standard InChI is InChI=1S/C53H86O24/c1-48(2)14-23-22-8-9-29-50(5)12-11-31(49(3,4)28(50)10-13-51(29,6)52(22,7)16-32(75-47(67)68)53(23,21-56)30(58)15-48)74-45-41(77-44-40(66)37(63)34(60)25(17-54)71-44)36(62)27(20-70-45)73-46-42(38(64)35(61)26(18-55)72-46)76-43-39(65)33(59)24(57)19-69-43/h8,23-46,54-66H,9-21H2,1-7H3,(H,67,68). The molecule has 24 heteroatoms. The molecule has 0 radical (unpaired) electrons. The Kier molecular flexibility index (Phi) is 16.9. The van der Waals surface area contributed by atoms with Crippen LogP contribution in [-0.2, 0) is 42.6 Å². The number of hydrogen-bond donors (Lipinski definition) is 14. The topological polar surface area (TPSA) is 383 Å². The first-order valence-corrected chi connectivity index (χ1v) is 27.4. The van der Waals surface area contributed by atoms with Crippen molar-refractivity contribution in [2.75, 3.05) is 33.0 Å². The van der Waals surface area contributed by atoms with Crippen molar-refractivity contribution in [1.29, 1.82) is 0 Å². The van der Waals surface area contributed by atoms with E-state index in [0.717, 1.165) is 18.4 Å². The second-order valence-corrected chi connectivity index (χ2v) is 26.0. The zero-order valence-electron chi connectivity index (χ0n) is 45.0. The van der Waals surface area contributed by atoms with E-state index in [9.17, 15) is 76.3 Å². The number of hydrogen-bond acceptors (Lipinski definition) is 23. The van der Waals surface area contributed by atoms with Crippen molar-refractivity contribution in [1.82, 2.24) is 0 Å². The van der Waals surface area contributed by atoms with Crippen molar-refractivity contribution in [3.8, 4) is 0 Å². The van der Waals surface area contributed by atoms with E-state index in [1.807, 2.05) is 0 Å². The Morgan fingerprint density at radius 1 is 0.610 bits per heavy atom. The number of aliphatic hydroxyl groups excluding tert-OH is 13. The van der Waals surface area contributed by atoms with Crippen molar-refractivity contribution in [2.45, 2.75) is 229 Å². The fourth-order valence-corrected chi connectivity index (χ4v) is 16.6. The molecule has 0 bridgehead atoms. The molecule has 14 N–H and O–H groups in total. The predicted molar refractivity (Wildman–Crippen MR) is 260 cm³/mol. The molecule has 4 saturated heterocycles. The van der Waals surface area contributed by atoms with Gasteiger partial charge in [-0.1, -0.05) is 60.1 Å². The Labute approximate surface area is 447 Å². The van der Waals surface area contributed by atoms with Gasteiger partial charge in [-0.2, -0.15) is 0 Å². The van der Waals surface area contributed by atoms with Crippen molar-refractivity contribution < 1.29 is 119 Å². The Hall–Kier alpha value is -1.83. The molecule has 0 amide bonds. The average molecular weight is 1110 g/mol. The minimum atomic E-state index is -1.92. The summed E-state index contributed by atoms with van der Waals surface area (Å²) in [4.78, 5) is 12.4. The Morgan fingerprint density at radius 2 is 1.22 bits per heavy atom. The van der Waals surface area contributed by atoms with Gasteiger partial charge in [0.1, 0.15) is 91.6 Å². The zero-order chi connectivity index (χ0) is 56.3. The first kappa shape index (κ1) is 59.8. The van der Waals surface area contributed by atoms with Crippen LogP contribution in [0.25, 0.3) is 0 Å². The number of aliphatic hydroxyl groups is 13. The van der Waals surface area contributed by atoms with E-state index < -0.39 is 184 Å². The van der Waals surface area contributed by atoms with Gasteiger partial charge in [0.05, 0.1) is 50.7 Å². The third kappa shape index (κ3) is 9.84. The summed E-state index contributed by atoms with van der Waals surface area (Å²) in [6.07, 6.45) is -27.4. The quantitative estimate of drug-likeness (QED) is 0.0592. The van der Waals surface area contributed by atoms with E-state index in [1.54, 1.807) is 0 Å². The van der Waals surface area contributed by atoms with Gasteiger partial charge in [0, 0.05) is 0 Å². The maximum atomic E-state index is 12.4. The van der Waals surface area contributed by atoms with E-state index in [0.29, 0.717) is 38.5 Å². The Balaban J connectivity index is 0.984. The number of carboxylic acid groups (broad SMARTS) is 1. The highest BCUT2D eigenvalue weighted by Crippen LogP contribution is 2.76. The van der Waals surface area contributed by atoms with Gasteiger partial charge in [0.15, 0.2) is 25.2 Å². The molecule has 28 unspecified atom stereocenters. The minimum absolute atomic E-state index is 0.0269. The summed E-state index contributed by atoms with van der Waals surface area (Å²) in [5, 5.41) is 152. The molecule has 8 fully saturated rings. The lowest BCUT2D eigenvalue weighted by molar-refractivity contribution is -0.392. The molecule has 0 aromatic rings. The molecule has 442 valence electrons. The summed E-state index contributed by atoms with van der Waals surface area (Å²) in [5.74, 6) is -0.210. The number of ether oxygens (including phenoxy) is 9. The average Bonchev–Trinajstić information content (AvgIpc) is 3.36. The molecule has 9 aliphatic rings. The van der Waals surface area contributed by atoms with E-state index in [-0.39, 0.29) is 34.0 Å². The molecule has 9 rings (SSSR count). The molecule has 24 nitrogen and oxygen atoms in total. The van der Waals surface area contributed by atoms with Crippen LogP contribution >= 0.6 is 0 Å². The third-order valence-corrected chi connectivity index (χ3v) is 21.0. The zero-order valence-corrected chi connectivity index (χ0v) is 45.0. The summed E-state index contributed by atoms with van der Waals surface area (Å²) in [7, 11) is 0. The Bertz CT molecular complexity index is 2110. The highest BCUT2D eigenvalue weighted by Gasteiger charge is 2.72. The maximum Gasteiger partial charge on any atom is 0.506 e. The SMILES string of the molecule is CC1(C)CC(O)C2(CO)C(OC(=O)O)CC3(C)C(=CCC4C5(C)CCC(OC6OCC(OC7OC(CO)C(O)C(O)C7OC7OCC(O)C(O)C7O)C(O)C6OC6OC(CO)C(O)C(O)C6O)C(C)(C)C5CCC43C)C2C1. The summed E-state index contributed by atoms with van der Waals surface area (Å²) >= 11 is 0. The number of allylic oxidation sites excluding steroid dienone is 2. The number of fused-ring (bicyclic) bond motifs is 7. The molecule has 0 aromatic heterocycles. The number of carbonyl (C=O) groups is 1. The minimum Gasteiger partial charge on any atom is -0.450 e. The van der Waals surface area contributed by atoms with Crippen LogP contribution in [0, 0.1) is 50.2 Å². The van der Waals surface area contributed by atoms with Gasteiger partial charge in [-0.25, -0.2) is 4.79 Å². The van der Waals surface area contributed by atoms with Crippen LogP contribution in [0.1, 0.15) is 99.8 Å². The van der Waals surface area contributed by atoms with Crippen molar-refractivity contribution >= 4 is 6.16 Å². The van der Waals surface area contributed by atoms with Gasteiger partial charge in [-0.15, -0.1) is 0 Å². The van der Waals surface area contributed by atoms with E-state index in [1.165, 1.54) is 0 Å². The van der Waals surface area contributed by atoms with Crippen molar-refractivity contribution in [3.05, 3.63) is 11.6 Å². The molecule has 4 aliphatic heterocycles. The van der Waals surface area contributed by atoms with Gasteiger partial charge in [0.25, 0.3) is 0 Å². The van der Waals surface area contributed by atoms with Gasteiger partial charge >= 0.3 is 6.16 Å². The monoisotopic (exact) mass is 1110 g/mol. The second-order valence-electron chi connectivity index (χ2n) is 26.0. The third-order valence-electron chi connectivity index (χ3n) is 21.0. The van der Waals surface area contributed by atoms with E-state index >= 15 is 0 Å². The van der Waals surface area contributed by atoms with Gasteiger partial charge in [-0.05, 0) is 96.2 Å². The van der Waals surface area contributed by atoms with Crippen LogP contribution < -0.4 is 0 Å². The lowest BCUT2D eigenvalue weighted by Gasteiger charge is -2.72. The van der Waals surface area contributed by atoms with Gasteiger partial charge < -0.3 is 114 Å². The fourth-order valence-electron chi connectivity index (χ4n) is 16.6. The van der Waals surface area contributed by atoms with Gasteiger partial charge in [0.2, 0.25) is 0 Å². The van der Waals surface area contributed by atoms with Crippen LogP contribution in [-0.4, -0.2) is 240 Å². The van der Waals surface area contributed by atoms with Crippen molar-refractivity contribution in [2.24, 2.45) is 50.2 Å². The first-order chi connectivity index (χ1) is 36.0. The fraction of sp³-hybridized carbons (Fsp3) is 0.943. The molecule has 5 aliphatic carbocycles. The van der Waals surface area contributed by atoms with Crippen LogP contribution in [0.4, 0.5) is 4.79 Å². The molecule has 4 saturated carbocycles. The normalized spacial score (nSPS) is 53.4. The highest BCUT2D eigenvalue weighted by molar-refractivity contribution is 5.57. The first-order valence-electron chi connectivity index (χ1n) is 27.4. The maximum absolute atomic E-state index is 12.4. The molecule has 28 atom stereocenters. The molecular weight excluding hydrogens is 1020 g/mol. The van der Waals surface area contributed by atoms with Gasteiger partial charge in [-0.3, -0.25) is 0 Å². The smallest absolute Gasteiger partial charge is 0.450 e. The molecule has 0 spiro atoms. The summed E-state index contributed by atoms with van der Waals surface area (Å²) in [5.41, 5.74) is -2.20. The summed E-state index contributed by atoms with van der Waals surface area (Å²) in [6.45, 7) is 12.3. The molecule has 0 aromatic carbocycles. The Morgan fingerprint density at radius 3 is 1.87 bits per heavy atom. The molecule has 77 heavy (non-hydrogen) atoms. The van der Waals surface area contributed by atoms with Crippen LogP contribution in [0.5, 0.6) is 0 Å². The molecule has 4 heterocycles. The summed E-state index contributed by atoms with van der Waals surface area (Å²) in [6, 6.07) is 0. The van der Waals surface area contributed by atoms with E-state index in [4.69, 9.17) is 42.6 Å². The highest BCUT2D eigenvalue weighted by atomic mass is 16.8. The second kappa shape index (κ2) is 21.7. The lowest BCUT2D eigenvalue weighted by atomic mass is 9.33. The van der Waals surface area contributed by atoms with Crippen molar-refractivity contribution in [3.63, 3.8) is 0 Å². The van der Waals surface area contributed by atoms with Crippen LogP contribution in [0.3, 0.4) is 0 Å². The lowest BCUT2D eigenvalue weighted by Crippen LogP contribution is -2.69. The summed E-state index contributed by atoms with van der Waals surface area (Å²) < 4.78 is 54.3. The van der Waals surface area contributed by atoms with Crippen LogP contribution in [0.15, 0.2) is 11.6 Å². The predicted octanol–water partition coefficient (Wildman–Crippen LogP) is -1.64. The molecular formula is C53H86O24. The van der Waals surface area contributed by atoms with Crippen LogP contribution in [0.2, 0.25) is 0 Å².